The first-order chi connectivity index (χ1) is 18.7. The molecular weight excluding hydrogens is 510 g/mol. The lowest BCUT2D eigenvalue weighted by Gasteiger charge is -2.44. The molecule has 3 heterocycles. The Morgan fingerprint density at radius 3 is 2.51 bits per heavy atom. The summed E-state index contributed by atoms with van der Waals surface area (Å²) in [5.41, 5.74) is 3.84. The van der Waals surface area contributed by atoms with Gasteiger partial charge in [-0.15, -0.1) is 0 Å². The van der Waals surface area contributed by atoms with Gasteiger partial charge in [0.25, 0.3) is 5.91 Å². The number of allylic oxidation sites excluding steroid dienone is 1. The number of benzene rings is 2. The van der Waals surface area contributed by atoms with Crippen LogP contribution >= 0.6 is 11.8 Å². The number of thioether (sulfide) groups is 1. The third-order valence-corrected chi connectivity index (χ3v) is 9.45. The van der Waals surface area contributed by atoms with Gasteiger partial charge < -0.3 is 19.3 Å². The molecular formula is C31H37N3O4S. The molecule has 0 aromatic heterocycles. The van der Waals surface area contributed by atoms with Crippen LogP contribution in [0.1, 0.15) is 49.3 Å². The zero-order valence-electron chi connectivity index (χ0n) is 23.5. The van der Waals surface area contributed by atoms with Crippen molar-refractivity contribution in [3.05, 3.63) is 76.3 Å². The molecule has 1 atom stereocenters. The minimum absolute atomic E-state index is 0.0184. The van der Waals surface area contributed by atoms with Gasteiger partial charge in [0.1, 0.15) is 11.5 Å². The Morgan fingerprint density at radius 2 is 1.87 bits per heavy atom. The summed E-state index contributed by atoms with van der Waals surface area (Å²) in [6.07, 6.45) is 3.61. The lowest BCUT2D eigenvalue weighted by Crippen LogP contribution is -2.54. The number of ether oxygens (including phenoxy) is 2. The molecule has 3 amide bonds. The molecule has 3 aliphatic heterocycles. The second kappa shape index (κ2) is 10.6. The number of methoxy groups -OCH3 is 2. The van der Waals surface area contributed by atoms with E-state index >= 15 is 0 Å². The van der Waals surface area contributed by atoms with Gasteiger partial charge in [-0.1, -0.05) is 49.5 Å². The fourth-order valence-electron chi connectivity index (χ4n) is 6.37. The van der Waals surface area contributed by atoms with Crippen LogP contribution in [0.3, 0.4) is 0 Å². The highest BCUT2D eigenvalue weighted by atomic mass is 32.2. The van der Waals surface area contributed by atoms with E-state index < -0.39 is 5.54 Å². The van der Waals surface area contributed by atoms with Crippen molar-refractivity contribution in [3.63, 3.8) is 0 Å². The van der Waals surface area contributed by atoms with E-state index in [-0.39, 0.29) is 17.9 Å². The summed E-state index contributed by atoms with van der Waals surface area (Å²) in [5.74, 6) is 1.50. The first-order valence-electron chi connectivity index (χ1n) is 13.5. The van der Waals surface area contributed by atoms with Crippen LogP contribution in [0.2, 0.25) is 0 Å². The predicted molar refractivity (Wildman–Crippen MR) is 154 cm³/mol. The van der Waals surface area contributed by atoms with E-state index in [4.69, 9.17) is 9.47 Å². The predicted octanol–water partition coefficient (Wildman–Crippen LogP) is 5.94. The fourth-order valence-corrected chi connectivity index (χ4v) is 7.23. The number of hydrogen-bond donors (Lipinski definition) is 0. The van der Waals surface area contributed by atoms with E-state index in [9.17, 15) is 9.59 Å². The van der Waals surface area contributed by atoms with E-state index in [2.05, 4.69) is 19.6 Å². The van der Waals surface area contributed by atoms with Gasteiger partial charge in [0.05, 0.1) is 31.2 Å². The molecule has 7 nitrogen and oxygen atoms in total. The third kappa shape index (κ3) is 4.58. The molecule has 0 radical (unpaired) electrons. The molecule has 0 N–H and O–H groups in total. The molecule has 2 aromatic rings. The first-order valence-corrected chi connectivity index (χ1v) is 14.3. The SMILES string of the molecule is C=C(Sc1ccccc1C)C(=O)N1CCC2(CC1)C1=CC(C)c3c(cc(OC)cc3OC)CN1C(=O)N2CC. The Balaban J connectivity index is 1.41. The van der Waals surface area contributed by atoms with E-state index in [1.54, 1.807) is 14.2 Å². The number of fused-ring (bicyclic) bond motifs is 3. The Labute approximate surface area is 235 Å². The molecule has 8 heteroatoms. The minimum Gasteiger partial charge on any atom is -0.497 e. The van der Waals surface area contributed by atoms with Crippen molar-refractivity contribution >= 4 is 23.7 Å². The van der Waals surface area contributed by atoms with Crippen molar-refractivity contribution < 1.29 is 19.1 Å². The first kappa shape index (κ1) is 27.2. The topological polar surface area (TPSA) is 62.3 Å². The van der Waals surface area contributed by atoms with Gasteiger partial charge in [-0.3, -0.25) is 9.69 Å². The molecule has 1 unspecified atom stereocenters. The van der Waals surface area contributed by atoms with E-state index in [0.717, 1.165) is 33.0 Å². The lowest BCUT2D eigenvalue weighted by atomic mass is 9.82. The standard InChI is InChI=1S/C31H37N3O4S/c1-7-34-30(36)33-19-23-17-24(37-5)18-25(38-6)28(23)21(3)16-27(33)31(34)12-14-32(15-13-31)29(35)22(4)39-26-11-9-8-10-20(26)2/h8-11,16-18,21H,4,7,12-15,19H2,1-3,5-6H3. The molecule has 1 spiro atoms. The maximum Gasteiger partial charge on any atom is 0.325 e. The zero-order chi connectivity index (χ0) is 27.9. The van der Waals surface area contributed by atoms with Gasteiger partial charge in [0.15, 0.2) is 0 Å². The highest BCUT2D eigenvalue weighted by molar-refractivity contribution is 8.04. The Bertz CT molecular complexity index is 1350. The summed E-state index contributed by atoms with van der Waals surface area (Å²) >= 11 is 1.43. The molecule has 2 fully saturated rings. The average Bonchev–Trinajstić information content (AvgIpc) is 3.04. The Morgan fingerprint density at radius 1 is 1.15 bits per heavy atom. The number of aryl methyl sites for hydroxylation is 1. The molecule has 0 saturated carbocycles. The molecule has 0 aliphatic carbocycles. The van der Waals surface area contributed by atoms with Crippen LogP contribution in [0.25, 0.3) is 0 Å². The second-order valence-corrected chi connectivity index (χ2v) is 11.6. The number of carbonyl (C=O) groups is 2. The van der Waals surface area contributed by atoms with Gasteiger partial charge in [0.2, 0.25) is 0 Å². The summed E-state index contributed by atoms with van der Waals surface area (Å²) < 4.78 is 11.3. The average molecular weight is 548 g/mol. The van der Waals surface area contributed by atoms with Crippen LogP contribution in [0.5, 0.6) is 11.5 Å². The van der Waals surface area contributed by atoms with E-state index in [1.807, 2.05) is 64.9 Å². The van der Waals surface area contributed by atoms with Crippen molar-refractivity contribution in [1.82, 2.24) is 14.7 Å². The largest absolute Gasteiger partial charge is 0.497 e. The van der Waals surface area contributed by atoms with Gasteiger partial charge in [-0.25, -0.2) is 4.79 Å². The van der Waals surface area contributed by atoms with Crippen molar-refractivity contribution in [3.8, 4) is 11.5 Å². The monoisotopic (exact) mass is 547 g/mol. The minimum atomic E-state index is -0.444. The molecule has 39 heavy (non-hydrogen) atoms. The van der Waals surface area contributed by atoms with Crippen LogP contribution in [-0.4, -0.2) is 66.0 Å². The van der Waals surface area contributed by atoms with Crippen LogP contribution in [0.4, 0.5) is 4.79 Å². The summed E-state index contributed by atoms with van der Waals surface area (Å²) in [4.78, 5) is 34.6. The number of nitrogens with zero attached hydrogens (tertiary/aromatic N) is 3. The maximum atomic E-state index is 13.8. The summed E-state index contributed by atoms with van der Waals surface area (Å²) in [5, 5.41) is 0. The molecule has 206 valence electrons. The summed E-state index contributed by atoms with van der Waals surface area (Å²) in [6.45, 7) is 12.5. The van der Waals surface area contributed by atoms with Gasteiger partial charge in [0, 0.05) is 47.8 Å². The molecule has 2 saturated heterocycles. The summed E-state index contributed by atoms with van der Waals surface area (Å²) in [7, 11) is 3.31. The van der Waals surface area contributed by atoms with Crippen LogP contribution < -0.4 is 9.47 Å². The normalized spacial score (nSPS) is 19.8. The lowest BCUT2D eigenvalue weighted by molar-refractivity contribution is -0.128. The van der Waals surface area contributed by atoms with Crippen molar-refractivity contribution in [2.75, 3.05) is 33.9 Å². The smallest absolute Gasteiger partial charge is 0.325 e. The third-order valence-electron chi connectivity index (χ3n) is 8.35. The molecule has 2 aromatic carbocycles. The number of rotatable bonds is 6. The number of amides is 3. The zero-order valence-corrected chi connectivity index (χ0v) is 24.3. The quantitative estimate of drug-likeness (QED) is 0.331. The number of piperidine rings is 1. The van der Waals surface area contributed by atoms with Crippen LogP contribution in [0, 0.1) is 6.92 Å². The number of likely N-dealkylation sites (N-methyl/N-ethyl adjacent to an activating group) is 1. The second-order valence-electron chi connectivity index (χ2n) is 10.5. The van der Waals surface area contributed by atoms with Gasteiger partial charge >= 0.3 is 6.03 Å². The maximum absolute atomic E-state index is 13.8. The van der Waals surface area contributed by atoms with E-state index in [1.165, 1.54) is 11.8 Å². The van der Waals surface area contributed by atoms with E-state index in [0.29, 0.717) is 49.7 Å². The number of carbonyl (C=O) groups excluding carboxylic acids is 2. The van der Waals surface area contributed by atoms with Crippen LogP contribution in [0.15, 0.2) is 64.6 Å². The number of hydrogen-bond acceptors (Lipinski definition) is 5. The molecule has 5 rings (SSSR count). The van der Waals surface area contributed by atoms with Gasteiger partial charge in [-0.05, 0) is 49.9 Å². The number of likely N-dealkylation sites (tertiary alicyclic amines) is 1. The Kier molecular flexibility index (Phi) is 7.42. The highest BCUT2D eigenvalue weighted by Gasteiger charge is 2.55. The van der Waals surface area contributed by atoms with Gasteiger partial charge in [-0.2, -0.15) is 0 Å². The molecule has 3 aliphatic rings. The fraction of sp³-hybridized carbons (Fsp3) is 0.419. The highest BCUT2D eigenvalue weighted by Crippen LogP contribution is 2.49. The Hall–Kier alpha value is -3.39. The summed E-state index contributed by atoms with van der Waals surface area (Å²) in [6, 6.07) is 12.0. The number of urea groups is 1. The van der Waals surface area contributed by atoms with Crippen molar-refractivity contribution in [2.24, 2.45) is 0 Å². The van der Waals surface area contributed by atoms with Crippen molar-refractivity contribution in [1.29, 1.82) is 0 Å². The van der Waals surface area contributed by atoms with Crippen LogP contribution in [-0.2, 0) is 11.3 Å². The molecule has 0 bridgehead atoms. The van der Waals surface area contributed by atoms with Crippen molar-refractivity contribution in [2.45, 2.75) is 56.5 Å².